The van der Waals surface area contributed by atoms with Crippen molar-refractivity contribution in [3.63, 3.8) is 0 Å². The number of carbonyl (C=O) groups is 1. The number of Topliss-reactive ketones (excluding diaryl/α,β-unsaturated/α-hetero) is 1. The van der Waals surface area contributed by atoms with Crippen LogP contribution >= 0.6 is 23.4 Å². The monoisotopic (exact) mass is 309 g/mol. The minimum atomic E-state index is 0.201. The van der Waals surface area contributed by atoms with Crippen molar-refractivity contribution < 1.29 is 4.79 Å². The van der Waals surface area contributed by atoms with Crippen LogP contribution in [0.3, 0.4) is 0 Å². The summed E-state index contributed by atoms with van der Waals surface area (Å²) in [5.41, 5.74) is 2.25. The van der Waals surface area contributed by atoms with Gasteiger partial charge in [-0.1, -0.05) is 23.7 Å². The molecular formula is C16H20ClNOS. The molecule has 108 valence electrons. The van der Waals surface area contributed by atoms with Crippen LogP contribution in [0.4, 0.5) is 0 Å². The van der Waals surface area contributed by atoms with Gasteiger partial charge < -0.3 is 0 Å². The molecule has 0 N–H and O–H groups in total. The number of ketones is 1. The van der Waals surface area contributed by atoms with Gasteiger partial charge in [0.1, 0.15) is 5.78 Å². The molecule has 0 spiro atoms. The normalized spacial score (nSPS) is 22.4. The zero-order valence-electron chi connectivity index (χ0n) is 12.1. The molecule has 20 heavy (non-hydrogen) atoms. The maximum absolute atomic E-state index is 11.7. The molecule has 1 aliphatic rings. The van der Waals surface area contributed by atoms with Crippen LogP contribution in [0, 0.1) is 6.92 Å². The summed E-state index contributed by atoms with van der Waals surface area (Å²) in [6.07, 6.45) is 1.46. The summed E-state index contributed by atoms with van der Waals surface area (Å²) in [7, 11) is 0. The van der Waals surface area contributed by atoms with E-state index in [1.807, 2.05) is 19.1 Å². The zero-order chi connectivity index (χ0) is 14.7. The van der Waals surface area contributed by atoms with Crippen LogP contribution in [0.25, 0.3) is 0 Å². The number of carbonyl (C=O) groups excluding carboxylic acids is 1. The third-order valence-electron chi connectivity index (χ3n) is 3.37. The average molecular weight is 310 g/mol. The number of nitrogens with zero attached hydrogens (tertiary/aromatic N) is 1. The standard InChI is InChI=1S/C16H20ClNOS/c1-10(2)18-16-14(7-6-13(19)9-20-16)12-5-4-11(3)15(17)8-12/h4-5,8,10,14H,6-7,9H2,1-3H3. The van der Waals surface area contributed by atoms with Crippen molar-refractivity contribution in [2.45, 2.75) is 45.6 Å². The number of hydrogen-bond donors (Lipinski definition) is 0. The minimum absolute atomic E-state index is 0.201. The quantitative estimate of drug-likeness (QED) is 0.796. The van der Waals surface area contributed by atoms with E-state index in [1.54, 1.807) is 11.8 Å². The summed E-state index contributed by atoms with van der Waals surface area (Å²) >= 11 is 7.83. The second kappa shape index (κ2) is 6.77. The van der Waals surface area contributed by atoms with Gasteiger partial charge >= 0.3 is 0 Å². The molecule has 1 fully saturated rings. The van der Waals surface area contributed by atoms with Crippen LogP contribution in [0.5, 0.6) is 0 Å². The molecular weight excluding hydrogens is 290 g/mol. The fourth-order valence-corrected chi connectivity index (χ4v) is 3.66. The Labute approximate surface area is 130 Å². The largest absolute Gasteiger partial charge is 0.299 e. The second-order valence-corrected chi connectivity index (χ2v) is 6.89. The molecule has 0 saturated carbocycles. The summed E-state index contributed by atoms with van der Waals surface area (Å²) in [4.78, 5) is 16.4. The summed E-state index contributed by atoms with van der Waals surface area (Å²) in [5, 5.41) is 1.86. The van der Waals surface area contributed by atoms with Crippen molar-refractivity contribution in [1.82, 2.24) is 0 Å². The fourth-order valence-electron chi connectivity index (χ4n) is 2.27. The highest BCUT2D eigenvalue weighted by Crippen LogP contribution is 2.34. The summed E-state index contributed by atoms with van der Waals surface area (Å²) < 4.78 is 0. The Kier molecular flexibility index (Phi) is 5.28. The molecule has 2 nitrogen and oxygen atoms in total. The molecule has 1 saturated heterocycles. The molecule has 0 radical (unpaired) electrons. The number of aliphatic imine (C=N–C) groups is 1. The van der Waals surface area contributed by atoms with Gasteiger partial charge in [-0.2, -0.15) is 0 Å². The van der Waals surface area contributed by atoms with E-state index in [2.05, 4.69) is 19.9 Å². The predicted molar refractivity (Wildman–Crippen MR) is 88.2 cm³/mol. The van der Waals surface area contributed by atoms with Crippen LogP contribution in [0.2, 0.25) is 5.02 Å². The maximum atomic E-state index is 11.7. The molecule has 1 aliphatic heterocycles. The topological polar surface area (TPSA) is 29.4 Å². The Morgan fingerprint density at radius 2 is 2.15 bits per heavy atom. The first kappa shape index (κ1) is 15.6. The van der Waals surface area contributed by atoms with E-state index in [4.69, 9.17) is 16.6 Å². The van der Waals surface area contributed by atoms with Gasteiger partial charge in [0.2, 0.25) is 0 Å². The molecule has 0 aromatic heterocycles. The number of rotatable bonds is 2. The molecule has 4 heteroatoms. The molecule has 1 heterocycles. The van der Waals surface area contributed by atoms with Crippen molar-refractivity contribution in [2.75, 3.05) is 5.75 Å². The van der Waals surface area contributed by atoms with Crippen LogP contribution < -0.4 is 0 Å². The number of thioether (sulfide) groups is 1. The highest BCUT2D eigenvalue weighted by molar-refractivity contribution is 8.14. The molecule has 0 amide bonds. The van der Waals surface area contributed by atoms with Crippen LogP contribution in [0.15, 0.2) is 23.2 Å². The number of benzene rings is 1. The van der Waals surface area contributed by atoms with Crippen molar-refractivity contribution in [3.05, 3.63) is 34.3 Å². The highest BCUT2D eigenvalue weighted by Gasteiger charge is 2.25. The van der Waals surface area contributed by atoms with Crippen molar-refractivity contribution >= 4 is 34.2 Å². The predicted octanol–water partition coefficient (Wildman–Crippen LogP) is 4.64. The SMILES string of the molecule is Cc1ccc(C2CCC(=O)CSC2=NC(C)C)cc1Cl. The zero-order valence-corrected chi connectivity index (χ0v) is 13.7. The van der Waals surface area contributed by atoms with E-state index in [1.165, 1.54) is 5.56 Å². The number of halogens is 1. The van der Waals surface area contributed by atoms with E-state index in [9.17, 15) is 4.79 Å². The van der Waals surface area contributed by atoms with Crippen molar-refractivity contribution in [3.8, 4) is 0 Å². The average Bonchev–Trinajstić information content (AvgIpc) is 2.55. The Morgan fingerprint density at radius 1 is 1.40 bits per heavy atom. The fraction of sp³-hybridized carbons (Fsp3) is 0.500. The van der Waals surface area contributed by atoms with E-state index in [0.29, 0.717) is 18.0 Å². The molecule has 1 aromatic rings. The first-order valence-electron chi connectivity index (χ1n) is 6.95. The maximum Gasteiger partial charge on any atom is 0.143 e. The lowest BCUT2D eigenvalue weighted by molar-refractivity contribution is -0.116. The highest BCUT2D eigenvalue weighted by atomic mass is 35.5. The third kappa shape index (κ3) is 3.86. The minimum Gasteiger partial charge on any atom is -0.299 e. The van der Waals surface area contributed by atoms with Gasteiger partial charge in [0.25, 0.3) is 0 Å². The Morgan fingerprint density at radius 3 is 2.80 bits per heavy atom. The van der Waals surface area contributed by atoms with Crippen LogP contribution in [-0.4, -0.2) is 22.6 Å². The van der Waals surface area contributed by atoms with E-state index in [-0.39, 0.29) is 12.0 Å². The second-order valence-electron chi connectivity index (χ2n) is 5.49. The number of aryl methyl sites for hydroxylation is 1. The number of hydrogen-bond acceptors (Lipinski definition) is 3. The molecule has 1 unspecified atom stereocenters. The lowest BCUT2D eigenvalue weighted by atomic mass is 9.93. The van der Waals surface area contributed by atoms with E-state index >= 15 is 0 Å². The van der Waals surface area contributed by atoms with Crippen molar-refractivity contribution in [1.29, 1.82) is 0 Å². The van der Waals surface area contributed by atoms with E-state index in [0.717, 1.165) is 22.1 Å². The van der Waals surface area contributed by atoms with Gasteiger partial charge in [0, 0.05) is 23.4 Å². The Bertz CT molecular complexity index is 539. The van der Waals surface area contributed by atoms with Gasteiger partial charge in [-0.05, 0) is 44.4 Å². The lowest BCUT2D eigenvalue weighted by Gasteiger charge is -2.18. The lowest BCUT2D eigenvalue weighted by Crippen LogP contribution is -2.11. The summed E-state index contributed by atoms with van der Waals surface area (Å²) in [6.45, 7) is 6.14. The van der Waals surface area contributed by atoms with Gasteiger partial charge in [-0.15, -0.1) is 11.8 Å². The Hall–Kier alpha value is -0.800. The van der Waals surface area contributed by atoms with Crippen LogP contribution in [0.1, 0.15) is 43.7 Å². The molecule has 0 bridgehead atoms. The molecule has 0 aliphatic carbocycles. The Balaban J connectivity index is 2.37. The van der Waals surface area contributed by atoms with Gasteiger partial charge in [-0.3, -0.25) is 9.79 Å². The third-order valence-corrected chi connectivity index (χ3v) is 4.93. The van der Waals surface area contributed by atoms with Crippen LogP contribution in [-0.2, 0) is 4.79 Å². The van der Waals surface area contributed by atoms with Gasteiger partial charge in [-0.25, -0.2) is 0 Å². The van der Waals surface area contributed by atoms with Gasteiger partial charge in [0.15, 0.2) is 0 Å². The summed E-state index contributed by atoms with van der Waals surface area (Å²) in [5.74, 6) is 1.06. The molecule has 1 aromatic carbocycles. The van der Waals surface area contributed by atoms with E-state index < -0.39 is 0 Å². The van der Waals surface area contributed by atoms with Crippen molar-refractivity contribution in [2.24, 2.45) is 4.99 Å². The summed E-state index contributed by atoms with van der Waals surface area (Å²) in [6, 6.07) is 6.42. The van der Waals surface area contributed by atoms with Gasteiger partial charge in [0.05, 0.1) is 10.8 Å². The molecule has 1 atom stereocenters. The first-order valence-corrected chi connectivity index (χ1v) is 8.32. The smallest absolute Gasteiger partial charge is 0.143 e. The first-order chi connectivity index (χ1) is 9.47. The molecule has 2 rings (SSSR count).